The van der Waals surface area contributed by atoms with Crippen LogP contribution in [-0.4, -0.2) is 22.3 Å². The molecule has 2 N–H and O–H groups in total. The molecule has 0 aliphatic carbocycles. The molecule has 1 unspecified atom stereocenters. The molecule has 0 saturated heterocycles. The Hall–Kier alpha value is -1.42. The summed E-state index contributed by atoms with van der Waals surface area (Å²) >= 11 is 5.69. The van der Waals surface area contributed by atoms with Crippen LogP contribution in [0.2, 0.25) is 5.02 Å². The highest BCUT2D eigenvalue weighted by atomic mass is 35.5. The van der Waals surface area contributed by atoms with Crippen molar-refractivity contribution in [3.05, 3.63) is 22.7 Å². The monoisotopic (exact) mass is 230 g/mol. The van der Waals surface area contributed by atoms with Crippen LogP contribution in [0.3, 0.4) is 0 Å². The number of aryl methyl sites for hydroxylation is 1. The lowest BCUT2D eigenvalue weighted by molar-refractivity contribution is -0.144. The molecular formula is C10H11ClO4. The fourth-order valence-corrected chi connectivity index (χ4v) is 1.36. The topological polar surface area (TPSA) is 66.8 Å². The smallest absolute Gasteiger partial charge is 0.344 e. The molecule has 0 aromatic heterocycles. The molecule has 0 saturated carbocycles. The Balaban J connectivity index is 3.00. The number of halogens is 1. The van der Waals surface area contributed by atoms with Crippen molar-refractivity contribution < 1.29 is 19.7 Å². The highest BCUT2D eigenvalue weighted by Gasteiger charge is 2.16. The average Bonchev–Trinajstić information content (AvgIpc) is 2.10. The number of hydrogen-bond donors (Lipinski definition) is 2. The number of carboxylic acid groups (broad SMARTS) is 1. The van der Waals surface area contributed by atoms with Crippen LogP contribution < -0.4 is 4.74 Å². The van der Waals surface area contributed by atoms with E-state index in [1.54, 1.807) is 13.0 Å². The molecule has 0 aliphatic heterocycles. The van der Waals surface area contributed by atoms with Gasteiger partial charge in [-0.25, -0.2) is 4.79 Å². The van der Waals surface area contributed by atoms with Crippen LogP contribution >= 0.6 is 11.6 Å². The highest BCUT2D eigenvalue weighted by molar-refractivity contribution is 6.30. The molecule has 1 atom stereocenters. The van der Waals surface area contributed by atoms with Crippen molar-refractivity contribution in [3.63, 3.8) is 0 Å². The first kappa shape index (κ1) is 11.7. The SMILES string of the molecule is Cc1cc(Cl)cc(O)c1OC(C)C(=O)O. The van der Waals surface area contributed by atoms with E-state index in [1.165, 1.54) is 13.0 Å². The molecule has 82 valence electrons. The summed E-state index contributed by atoms with van der Waals surface area (Å²) < 4.78 is 5.08. The molecule has 0 bridgehead atoms. The molecule has 0 aliphatic rings. The Bertz CT molecular complexity index is 366. The largest absolute Gasteiger partial charge is 0.504 e. The molecule has 0 amide bonds. The van der Waals surface area contributed by atoms with Gasteiger partial charge in [-0.2, -0.15) is 0 Å². The van der Waals surface area contributed by atoms with Crippen LogP contribution in [0.1, 0.15) is 12.5 Å². The minimum Gasteiger partial charge on any atom is -0.504 e. The van der Waals surface area contributed by atoms with Crippen LogP contribution in [0.15, 0.2) is 12.1 Å². The zero-order valence-corrected chi connectivity index (χ0v) is 9.08. The van der Waals surface area contributed by atoms with Gasteiger partial charge in [0.25, 0.3) is 0 Å². The minimum absolute atomic E-state index is 0.148. The third-order valence-electron chi connectivity index (χ3n) is 1.86. The Kier molecular flexibility index (Phi) is 3.42. The maximum absolute atomic E-state index is 10.6. The number of phenols is 1. The Labute approximate surface area is 92.1 Å². The van der Waals surface area contributed by atoms with Gasteiger partial charge in [0.15, 0.2) is 17.6 Å². The summed E-state index contributed by atoms with van der Waals surface area (Å²) in [6.45, 7) is 3.06. The number of hydrogen-bond acceptors (Lipinski definition) is 3. The van der Waals surface area contributed by atoms with Crippen molar-refractivity contribution in [2.24, 2.45) is 0 Å². The summed E-state index contributed by atoms with van der Waals surface area (Å²) in [5.41, 5.74) is 0.591. The molecular weight excluding hydrogens is 220 g/mol. The van der Waals surface area contributed by atoms with E-state index in [9.17, 15) is 9.90 Å². The van der Waals surface area contributed by atoms with Gasteiger partial charge in [-0.15, -0.1) is 0 Å². The van der Waals surface area contributed by atoms with Gasteiger partial charge in [-0.1, -0.05) is 11.6 Å². The number of rotatable bonds is 3. The molecule has 15 heavy (non-hydrogen) atoms. The van der Waals surface area contributed by atoms with E-state index in [1.807, 2.05) is 0 Å². The normalized spacial score (nSPS) is 12.2. The average molecular weight is 231 g/mol. The lowest BCUT2D eigenvalue weighted by atomic mass is 10.2. The van der Waals surface area contributed by atoms with Gasteiger partial charge < -0.3 is 14.9 Å². The summed E-state index contributed by atoms with van der Waals surface area (Å²) in [5.74, 6) is -1.11. The fourth-order valence-electron chi connectivity index (χ4n) is 1.09. The number of carbonyl (C=O) groups is 1. The lowest BCUT2D eigenvalue weighted by Gasteiger charge is -2.14. The Morgan fingerprint density at radius 3 is 2.60 bits per heavy atom. The molecule has 0 heterocycles. The van der Waals surface area contributed by atoms with E-state index in [-0.39, 0.29) is 11.5 Å². The van der Waals surface area contributed by atoms with Gasteiger partial charge in [0.1, 0.15) is 0 Å². The van der Waals surface area contributed by atoms with Crippen molar-refractivity contribution in [1.29, 1.82) is 0 Å². The Morgan fingerprint density at radius 1 is 1.53 bits per heavy atom. The van der Waals surface area contributed by atoms with Gasteiger partial charge >= 0.3 is 5.97 Å². The lowest BCUT2D eigenvalue weighted by Crippen LogP contribution is -2.23. The van der Waals surface area contributed by atoms with E-state index in [2.05, 4.69) is 0 Å². The number of ether oxygens (including phenoxy) is 1. The van der Waals surface area contributed by atoms with Gasteiger partial charge in [0.05, 0.1) is 0 Å². The molecule has 1 rings (SSSR count). The predicted octanol–water partition coefficient (Wildman–Crippen LogP) is 2.21. The van der Waals surface area contributed by atoms with Gasteiger partial charge in [0.2, 0.25) is 0 Å². The Morgan fingerprint density at radius 2 is 2.13 bits per heavy atom. The number of aromatic hydroxyl groups is 1. The van der Waals surface area contributed by atoms with Crippen LogP contribution in [0.5, 0.6) is 11.5 Å². The van der Waals surface area contributed by atoms with Crippen molar-refractivity contribution in [1.82, 2.24) is 0 Å². The van der Waals surface area contributed by atoms with Crippen LogP contribution in [-0.2, 0) is 4.79 Å². The molecule has 4 nitrogen and oxygen atoms in total. The zero-order valence-electron chi connectivity index (χ0n) is 8.32. The molecule has 0 fully saturated rings. The van der Waals surface area contributed by atoms with E-state index in [0.717, 1.165) is 0 Å². The first-order chi connectivity index (χ1) is 6.91. The maximum Gasteiger partial charge on any atom is 0.344 e. The summed E-state index contributed by atoms with van der Waals surface area (Å²) in [4.78, 5) is 10.6. The molecule has 0 radical (unpaired) electrons. The highest BCUT2D eigenvalue weighted by Crippen LogP contribution is 2.33. The van der Waals surface area contributed by atoms with E-state index < -0.39 is 12.1 Å². The van der Waals surface area contributed by atoms with Crippen LogP contribution in [0, 0.1) is 6.92 Å². The van der Waals surface area contributed by atoms with E-state index in [4.69, 9.17) is 21.4 Å². The zero-order chi connectivity index (χ0) is 11.6. The third kappa shape index (κ3) is 2.76. The minimum atomic E-state index is -1.09. The standard InChI is InChI=1S/C10H11ClO4/c1-5-3-7(11)4-8(12)9(5)15-6(2)10(13)14/h3-4,6,12H,1-2H3,(H,13,14). The molecule has 5 heteroatoms. The van der Waals surface area contributed by atoms with Gasteiger partial charge in [-0.3, -0.25) is 0 Å². The van der Waals surface area contributed by atoms with Crippen LogP contribution in [0.25, 0.3) is 0 Å². The molecule has 0 spiro atoms. The van der Waals surface area contributed by atoms with Gasteiger partial charge in [0, 0.05) is 11.1 Å². The predicted molar refractivity (Wildman–Crippen MR) is 55.6 cm³/mol. The summed E-state index contributed by atoms with van der Waals surface area (Å²) in [6.07, 6.45) is -1.02. The van der Waals surface area contributed by atoms with E-state index >= 15 is 0 Å². The number of carboxylic acids is 1. The second-order valence-corrected chi connectivity index (χ2v) is 3.61. The third-order valence-corrected chi connectivity index (χ3v) is 2.08. The fraction of sp³-hybridized carbons (Fsp3) is 0.300. The first-order valence-electron chi connectivity index (χ1n) is 4.30. The summed E-state index contributed by atoms with van der Waals surface area (Å²) in [7, 11) is 0. The number of aliphatic carboxylic acids is 1. The van der Waals surface area contributed by atoms with Crippen LogP contribution in [0.4, 0.5) is 0 Å². The summed E-state index contributed by atoms with van der Waals surface area (Å²) in [5, 5.41) is 18.5. The summed E-state index contributed by atoms with van der Waals surface area (Å²) in [6, 6.07) is 2.89. The number of benzene rings is 1. The second kappa shape index (κ2) is 4.40. The number of phenolic OH excluding ortho intramolecular Hbond substituents is 1. The quantitative estimate of drug-likeness (QED) is 0.836. The maximum atomic E-state index is 10.6. The van der Waals surface area contributed by atoms with Crippen molar-refractivity contribution in [2.45, 2.75) is 20.0 Å². The first-order valence-corrected chi connectivity index (χ1v) is 4.68. The van der Waals surface area contributed by atoms with Crippen molar-refractivity contribution in [2.75, 3.05) is 0 Å². The van der Waals surface area contributed by atoms with Crippen molar-refractivity contribution >= 4 is 17.6 Å². The molecule has 1 aromatic carbocycles. The van der Waals surface area contributed by atoms with Crippen molar-refractivity contribution in [3.8, 4) is 11.5 Å². The second-order valence-electron chi connectivity index (χ2n) is 3.17. The molecule has 1 aromatic rings. The van der Waals surface area contributed by atoms with E-state index in [0.29, 0.717) is 10.6 Å². The van der Waals surface area contributed by atoms with Gasteiger partial charge in [-0.05, 0) is 25.5 Å².